The Hall–Kier alpha value is -1.55. The van der Waals surface area contributed by atoms with E-state index in [1.807, 2.05) is 6.07 Å². The molecule has 5 heteroatoms. The first-order valence-electron chi connectivity index (χ1n) is 5.50. The van der Waals surface area contributed by atoms with Crippen LogP contribution in [-0.4, -0.2) is 9.78 Å². The highest BCUT2D eigenvalue weighted by Gasteiger charge is 2.19. The zero-order valence-corrected chi connectivity index (χ0v) is 11.5. The van der Waals surface area contributed by atoms with Crippen LogP contribution in [0.5, 0.6) is 0 Å². The van der Waals surface area contributed by atoms with Gasteiger partial charge in [0.05, 0.1) is 11.4 Å². The molecule has 0 bridgehead atoms. The van der Waals surface area contributed by atoms with Gasteiger partial charge in [-0.3, -0.25) is 0 Å². The van der Waals surface area contributed by atoms with E-state index in [9.17, 15) is 4.39 Å². The normalized spacial score (nSPS) is 11.1. The number of nitrogens with zero attached hydrogens (tertiary/aromatic N) is 2. The number of anilines is 1. The summed E-state index contributed by atoms with van der Waals surface area (Å²) in [5, 5.41) is 4.45. The molecule has 0 saturated carbocycles. The van der Waals surface area contributed by atoms with Gasteiger partial charge in [-0.05, 0) is 24.3 Å². The lowest BCUT2D eigenvalue weighted by molar-refractivity contribution is 0.560. The summed E-state index contributed by atoms with van der Waals surface area (Å²) < 4.78 is 14.5. The Kier molecular flexibility index (Phi) is 4.02. The first-order valence-corrected chi connectivity index (χ1v) is 5.50. The first-order chi connectivity index (χ1) is 7.88. The highest BCUT2D eigenvalue weighted by molar-refractivity contribution is 5.85. The van der Waals surface area contributed by atoms with E-state index in [-0.39, 0.29) is 23.6 Å². The molecule has 0 saturated heterocycles. The van der Waals surface area contributed by atoms with Crippen LogP contribution in [0.2, 0.25) is 0 Å². The third-order valence-corrected chi connectivity index (χ3v) is 2.58. The molecule has 0 amide bonds. The van der Waals surface area contributed by atoms with Gasteiger partial charge < -0.3 is 5.73 Å². The van der Waals surface area contributed by atoms with Gasteiger partial charge >= 0.3 is 0 Å². The molecule has 0 fully saturated rings. The van der Waals surface area contributed by atoms with Crippen LogP contribution in [0.4, 0.5) is 10.2 Å². The van der Waals surface area contributed by atoms with E-state index in [0.29, 0.717) is 5.82 Å². The third-order valence-electron chi connectivity index (χ3n) is 2.58. The van der Waals surface area contributed by atoms with Crippen molar-refractivity contribution >= 4 is 18.2 Å². The molecule has 0 radical (unpaired) electrons. The number of hydrogen-bond acceptors (Lipinski definition) is 2. The van der Waals surface area contributed by atoms with Gasteiger partial charge in [-0.15, -0.1) is 12.4 Å². The summed E-state index contributed by atoms with van der Waals surface area (Å²) >= 11 is 0. The van der Waals surface area contributed by atoms with E-state index in [4.69, 9.17) is 5.73 Å². The lowest BCUT2D eigenvalue weighted by Crippen LogP contribution is -2.12. The van der Waals surface area contributed by atoms with Crippen LogP contribution in [0, 0.1) is 5.82 Å². The quantitative estimate of drug-likeness (QED) is 0.863. The Morgan fingerprint density at radius 2 is 1.72 bits per heavy atom. The number of rotatable bonds is 1. The second-order valence-corrected chi connectivity index (χ2v) is 5.09. The Morgan fingerprint density at radius 3 is 2.17 bits per heavy atom. The molecule has 0 atom stereocenters. The number of nitrogen functional groups attached to an aromatic ring is 1. The minimum atomic E-state index is -0.268. The molecular weight excluding hydrogens is 253 g/mol. The van der Waals surface area contributed by atoms with Crippen molar-refractivity contribution in [1.29, 1.82) is 0 Å². The fraction of sp³-hybridized carbons (Fsp3) is 0.308. The standard InChI is InChI=1S/C13H16FN3.ClH/c1-13(2,3)11-8-12(15)17(16-11)10-6-4-9(14)5-7-10;/h4-8H,15H2,1-3H3;1H. The summed E-state index contributed by atoms with van der Waals surface area (Å²) in [6, 6.07) is 7.96. The number of aromatic nitrogens is 2. The van der Waals surface area contributed by atoms with Gasteiger partial charge in [-0.25, -0.2) is 9.07 Å². The van der Waals surface area contributed by atoms with Crippen LogP contribution >= 0.6 is 12.4 Å². The van der Waals surface area contributed by atoms with Crippen molar-refractivity contribution in [3.8, 4) is 5.69 Å². The Bertz CT molecular complexity index is 526. The first kappa shape index (κ1) is 14.5. The molecule has 2 aromatic rings. The van der Waals surface area contributed by atoms with E-state index in [0.717, 1.165) is 11.4 Å². The highest BCUT2D eigenvalue weighted by atomic mass is 35.5. The molecule has 0 aliphatic carbocycles. The van der Waals surface area contributed by atoms with Crippen LogP contribution in [-0.2, 0) is 5.41 Å². The van der Waals surface area contributed by atoms with Crippen molar-refractivity contribution < 1.29 is 4.39 Å². The van der Waals surface area contributed by atoms with Gasteiger partial charge in [0.1, 0.15) is 11.6 Å². The predicted octanol–water partition coefficient (Wildman–Crippen LogP) is 3.31. The molecule has 1 aromatic carbocycles. The van der Waals surface area contributed by atoms with E-state index < -0.39 is 0 Å². The van der Waals surface area contributed by atoms with Crippen LogP contribution in [0.1, 0.15) is 26.5 Å². The number of hydrogen-bond donors (Lipinski definition) is 1. The third kappa shape index (κ3) is 2.82. The number of benzene rings is 1. The maximum atomic E-state index is 12.8. The molecule has 0 aliphatic rings. The molecule has 18 heavy (non-hydrogen) atoms. The molecule has 0 spiro atoms. The molecule has 98 valence electrons. The summed E-state index contributed by atoms with van der Waals surface area (Å²) in [5.74, 6) is 0.289. The van der Waals surface area contributed by atoms with Crippen molar-refractivity contribution in [2.24, 2.45) is 0 Å². The van der Waals surface area contributed by atoms with Crippen LogP contribution < -0.4 is 5.73 Å². The largest absolute Gasteiger partial charge is 0.384 e. The highest BCUT2D eigenvalue weighted by Crippen LogP contribution is 2.24. The van der Waals surface area contributed by atoms with Crippen LogP contribution in [0.3, 0.4) is 0 Å². The van der Waals surface area contributed by atoms with Gasteiger partial charge in [0.25, 0.3) is 0 Å². The van der Waals surface area contributed by atoms with Gasteiger partial charge in [0, 0.05) is 11.5 Å². The Labute approximate surface area is 112 Å². The summed E-state index contributed by atoms with van der Waals surface area (Å²) in [4.78, 5) is 0. The van der Waals surface area contributed by atoms with Crippen molar-refractivity contribution in [2.75, 3.05) is 5.73 Å². The zero-order chi connectivity index (χ0) is 12.6. The SMILES string of the molecule is CC(C)(C)c1cc(N)n(-c2ccc(F)cc2)n1.Cl. The lowest BCUT2D eigenvalue weighted by atomic mass is 9.92. The second kappa shape index (κ2) is 4.98. The average Bonchev–Trinajstić information content (AvgIpc) is 2.61. The average molecular weight is 270 g/mol. The molecule has 0 aliphatic heterocycles. The number of nitrogens with two attached hydrogens (primary N) is 1. The molecular formula is C13H17ClFN3. The molecule has 3 nitrogen and oxygen atoms in total. The van der Waals surface area contributed by atoms with E-state index in [2.05, 4.69) is 25.9 Å². The summed E-state index contributed by atoms with van der Waals surface area (Å²) in [5.41, 5.74) is 7.54. The lowest BCUT2D eigenvalue weighted by Gasteiger charge is -2.14. The Balaban J connectivity index is 0.00000162. The minimum absolute atomic E-state index is 0. The molecule has 0 unspecified atom stereocenters. The molecule has 1 aromatic heterocycles. The van der Waals surface area contributed by atoms with Crippen molar-refractivity contribution in [3.63, 3.8) is 0 Å². The van der Waals surface area contributed by atoms with Crippen LogP contribution in [0.15, 0.2) is 30.3 Å². The van der Waals surface area contributed by atoms with Gasteiger partial charge in [-0.1, -0.05) is 20.8 Å². The monoisotopic (exact) mass is 269 g/mol. The maximum absolute atomic E-state index is 12.8. The van der Waals surface area contributed by atoms with Crippen LogP contribution in [0.25, 0.3) is 5.69 Å². The minimum Gasteiger partial charge on any atom is -0.384 e. The van der Waals surface area contributed by atoms with Crippen molar-refractivity contribution in [1.82, 2.24) is 9.78 Å². The van der Waals surface area contributed by atoms with E-state index in [1.54, 1.807) is 16.8 Å². The van der Waals surface area contributed by atoms with E-state index in [1.165, 1.54) is 12.1 Å². The van der Waals surface area contributed by atoms with E-state index >= 15 is 0 Å². The molecule has 2 N–H and O–H groups in total. The van der Waals surface area contributed by atoms with Gasteiger partial charge in [0.2, 0.25) is 0 Å². The van der Waals surface area contributed by atoms with Crippen molar-refractivity contribution in [3.05, 3.63) is 41.8 Å². The fourth-order valence-electron chi connectivity index (χ4n) is 1.55. The zero-order valence-electron chi connectivity index (χ0n) is 10.6. The van der Waals surface area contributed by atoms with Crippen molar-refractivity contribution in [2.45, 2.75) is 26.2 Å². The smallest absolute Gasteiger partial charge is 0.127 e. The summed E-state index contributed by atoms with van der Waals surface area (Å²) in [7, 11) is 0. The Morgan fingerprint density at radius 1 is 1.17 bits per heavy atom. The topological polar surface area (TPSA) is 43.8 Å². The maximum Gasteiger partial charge on any atom is 0.127 e. The molecule has 1 heterocycles. The second-order valence-electron chi connectivity index (χ2n) is 5.09. The predicted molar refractivity (Wildman–Crippen MR) is 73.9 cm³/mol. The summed E-state index contributed by atoms with van der Waals surface area (Å²) in [6.07, 6.45) is 0. The van der Waals surface area contributed by atoms with Gasteiger partial charge in [-0.2, -0.15) is 5.10 Å². The summed E-state index contributed by atoms with van der Waals surface area (Å²) in [6.45, 7) is 6.22. The molecule has 2 rings (SSSR count). The fourth-order valence-corrected chi connectivity index (χ4v) is 1.55. The number of halogens is 2. The van der Waals surface area contributed by atoms with Gasteiger partial charge in [0.15, 0.2) is 0 Å².